The van der Waals surface area contributed by atoms with E-state index in [2.05, 4.69) is 9.97 Å². The molecule has 2 aromatic rings. The Morgan fingerprint density at radius 2 is 1.94 bits per heavy atom. The maximum Gasteiger partial charge on any atom is 0.159 e. The Morgan fingerprint density at radius 1 is 1.19 bits per heavy atom. The van der Waals surface area contributed by atoms with Gasteiger partial charge in [-0.1, -0.05) is 37.3 Å². The molecule has 1 aromatic heterocycles. The average Bonchev–Trinajstić information content (AvgIpc) is 2.39. The van der Waals surface area contributed by atoms with Crippen LogP contribution in [0.2, 0.25) is 0 Å². The minimum absolute atomic E-state index is 0.509. The van der Waals surface area contributed by atoms with Crippen LogP contribution >= 0.6 is 0 Å². The first kappa shape index (κ1) is 10.8. The van der Waals surface area contributed by atoms with Crippen molar-refractivity contribution in [1.29, 1.82) is 0 Å². The second-order valence-corrected chi connectivity index (χ2v) is 3.60. The van der Waals surface area contributed by atoms with Gasteiger partial charge in [0.1, 0.15) is 0 Å². The molecule has 1 N–H and O–H groups in total. The highest BCUT2D eigenvalue weighted by Gasteiger charge is 2.08. The van der Waals surface area contributed by atoms with Crippen LogP contribution in [0.4, 0.5) is 0 Å². The van der Waals surface area contributed by atoms with E-state index in [9.17, 15) is 5.11 Å². The molecule has 3 heteroatoms. The summed E-state index contributed by atoms with van der Waals surface area (Å²) in [5, 5.41) is 9.71. The van der Waals surface area contributed by atoms with Crippen LogP contribution in [0.1, 0.15) is 25.1 Å². The number of aromatic nitrogens is 2. The van der Waals surface area contributed by atoms with Crippen molar-refractivity contribution < 1.29 is 5.11 Å². The van der Waals surface area contributed by atoms with E-state index in [0.717, 1.165) is 5.56 Å². The van der Waals surface area contributed by atoms with E-state index in [1.54, 1.807) is 12.3 Å². The number of hydrogen-bond acceptors (Lipinski definition) is 3. The lowest BCUT2D eigenvalue weighted by Crippen LogP contribution is -2.01. The molecule has 3 nitrogen and oxygen atoms in total. The Bertz CT molecular complexity index is 456. The van der Waals surface area contributed by atoms with Gasteiger partial charge in [0.05, 0.1) is 11.8 Å². The largest absolute Gasteiger partial charge is 0.387 e. The van der Waals surface area contributed by atoms with Gasteiger partial charge < -0.3 is 5.11 Å². The van der Waals surface area contributed by atoms with Crippen molar-refractivity contribution in [1.82, 2.24) is 9.97 Å². The molecule has 1 heterocycles. The highest BCUT2D eigenvalue weighted by molar-refractivity contribution is 5.54. The normalized spacial score (nSPS) is 12.4. The molecule has 0 aliphatic rings. The Kier molecular flexibility index (Phi) is 3.27. The lowest BCUT2D eigenvalue weighted by molar-refractivity contribution is 0.169. The maximum absolute atomic E-state index is 9.71. The second kappa shape index (κ2) is 4.86. The SMILES string of the molecule is CCC(O)c1ccnc(-c2ccccc2)n1. The molecule has 1 atom stereocenters. The number of rotatable bonds is 3. The lowest BCUT2D eigenvalue weighted by Gasteiger charge is -2.08. The minimum atomic E-state index is -0.509. The number of aliphatic hydroxyl groups excluding tert-OH is 1. The molecule has 16 heavy (non-hydrogen) atoms. The van der Waals surface area contributed by atoms with Gasteiger partial charge in [-0.15, -0.1) is 0 Å². The zero-order valence-corrected chi connectivity index (χ0v) is 9.17. The smallest absolute Gasteiger partial charge is 0.159 e. The van der Waals surface area contributed by atoms with Gasteiger partial charge in [-0.05, 0) is 12.5 Å². The molecule has 0 bridgehead atoms. The van der Waals surface area contributed by atoms with Crippen LogP contribution in [-0.2, 0) is 0 Å². The zero-order chi connectivity index (χ0) is 11.4. The molecule has 2 rings (SSSR count). The second-order valence-electron chi connectivity index (χ2n) is 3.60. The van der Waals surface area contributed by atoms with Crippen LogP contribution in [0, 0.1) is 0 Å². The highest BCUT2D eigenvalue weighted by atomic mass is 16.3. The summed E-state index contributed by atoms with van der Waals surface area (Å²) in [6.45, 7) is 1.93. The van der Waals surface area contributed by atoms with Crippen molar-refractivity contribution in [2.75, 3.05) is 0 Å². The monoisotopic (exact) mass is 214 g/mol. The summed E-state index contributed by atoms with van der Waals surface area (Å²) in [6, 6.07) is 11.5. The third-order valence-electron chi connectivity index (χ3n) is 2.44. The van der Waals surface area contributed by atoms with E-state index < -0.39 is 6.10 Å². The summed E-state index contributed by atoms with van der Waals surface area (Å²) in [7, 11) is 0. The third kappa shape index (κ3) is 2.25. The standard InChI is InChI=1S/C13H14N2O/c1-2-12(16)11-8-9-14-13(15-11)10-6-4-3-5-7-10/h3-9,12,16H,2H2,1H3. The molecule has 0 saturated heterocycles. The number of hydrogen-bond donors (Lipinski definition) is 1. The van der Waals surface area contributed by atoms with E-state index >= 15 is 0 Å². The van der Waals surface area contributed by atoms with Crippen molar-refractivity contribution >= 4 is 0 Å². The molecule has 0 aliphatic heterocycles. The molecular weight excluding hydrogens is 200 g/mol. The Morgan fingerprint density at radius 3 is 2.62 bits per heavy atom. The molecule has 1 aromatic carbocycles. The van der Waals surface area contributed by atoms with Gasteiger partial charge in [0.25, 0.3) is 0 Å². The highest BCUT2D eigenvalue weighted by Crippen LogP contribution is 2.18. The van der Waals surface area contributed by atoms with E-state index in [1.807, 2.05) is 37.3 Å². The molecule has 1 unspecified atom stereocenters. The molecular formula is C13H14N2O. The predicted octanol–water partition coefficient (Wildman–Crippen LogP) is 2.59. The number of benzene rings is 1. The fourth-order valence-electron chi connectivity index (χ4n) is 1.49. The van der Waals surface area contributed by atoms with E-state index in [-0.39, 0.29) is 0 Å². The number of nitrogens with zero attached hydrogens (tertiary/aromatic N) is 2. The summed E-state index contributed by atoms with van der Waals surface area (Å²) in [4.78, 5) is 8.56. The van der Waals surface area contributed by atoms with Crippen molar-refractivity contribution in [3.05, 3.63) is 48.3 Å². The number of aliphatic hydroxyl groups is 1. The van der Waals surface area contributed by atoms with E-state index in [4.69, 9.17) is 0 Å². The molecule has 82 valence electrons. The average molecular weight is 214 g/mol. The van der Waals surface area contributed by atoms with Gasteiger partial charge in [-0.3, -0.25) is 0 Å². The third-order valence-corrected chi connectivity index (χ3v) is 2.44. The first-order chi connectivity index (χ1) is 7.81. The van der Waals surface area contributed by atoms with Crippen LogP contribution < -0.4 is 0 Å². The van der Waals surface area contributed by atoms with Gasteiger partial charge >= 0.3 is 0 Å². The van der Waals surface area contributed by atoms with Crippen LogP contribution in [-0.4, -0.2) is 15.1 Å². The first-order valence-electron chi connectivity index (χ1n) is 5.37. The maximum atomic E-state index is 9.71. The predicted molar refractivity (Wildman–Crippen MR) is 62.7 cm³/mol. The van der Waals surface area contributed by atoms with Crippen LogP contribution in [0.3, 0.4) is 0 Å². The van der Waals surface area contributed by atoms with Crippen molar-refractivity contribution in [2.45, 2.75) is 19.4 Å². The molecule has 0 spiro atoms. The molecule has 0 saturated carbocycles. The summed E-state index contributed by atoms with van der Waals surface area (Å²) >= 11 is 0. The Hall–Kier alpha value is -1.74. The Balaban J connectivity index is 2.36. The van der Waals surface area contributed by atoms with E-state index in [0.29, 0.717) is 17.9 Å². The Labute approximate surface area is 94.8 Å². The van der Waals surface area contributed by atoms with Gasteiger partial charge in [0.2, 0.25) is 0 Å². The minimum Gasteiger partial charge on any atom is -0.387 e. The fraction of sp³-hybridized carbons (Fsp3) is 0.231. The lowest BCUT2D eigenvalue weighted by atomic mass is 10.1. The van der Waals surface area contributed by atoms with E-state index in [1.165, 1.54) is 0 Å². The molecule has 0 aliphatic carbocycles. The van der Waals surface area contributed by atoms with Crippen molar-refractivity contribution in [3.63, 3.8) is 0 Å². The quantitative estimate of drug-likeness (QED) is 0.854. The summed E-state index contributed by atoms with van der Waals surface area (Å²) in [5.74, 6) is 0.658. The van der Waals surface area contributed by atoms with Crippen LogP contribution in [0.5, 0.6) is 0 Å². The van der Waals surface area contributed by atoms with Crippen molar-refractivity contribution in [3.8, 4) is 11.4 Å². The molecule has 0 amide bonds. The van der Waals surface area contributed by atoms with Crippen LogP contribution in [0.25, 0.3) is 11.4 Å². The van der Waals surface area contributed by atoms with Crippen molar-refractivity contribution in [2.24, 2.45) is 0 Å². The first-order valence-corrected chi connectivity index (χ1v) is 5.37. The summed E-state index contributed by atoms with van der Waals surface area (Å²) in [6.07, 6.45) is 1.83. The topological polar surface area (TPSA) is 46.0 Å². The van der Waals surface area contributed by atoms with Gasteiger partial charge in [-0.25, -0.2) is 9.97 Å². The fourth-order valence-corrected chi connectivity index (χ4v) is 1.49. The van der Waals surface area contributed by atoms with Gasteiger partial charge in [-0.2, -0.15) is 0 Å². The molecule has 0 radical (unpaired) electrons. The molecule has 0 fully saturated rings. The summed E-state index contributed by atoms with van der Waals surface area (Å²) < 4.78 is 0. The van der Waals surface area contributed by atoms with Crippen LogP contribution in [0.15, 0.2) is 42.6 Å². The summed E-state index contributed by atoms with van der Waals surface area (Å²) in [5.41, 5.74) is 1.64. The van der Waals surface area contributed by atoms with Gasteiger partial charge in [0, 0.05) is 11.8 Å². The zero-order valence-electron chi connectivity index (χ0n) is 9.17. The van der Waals surface area contributed by atoms with Gasteiger partial charge in [0.15, 0.2) is 5.82 Å².